The quantitative estimate of drug-likeness (QED) is 0.544. The number of hydrogen-bond donors (Lipinski definition) is 2. The van der Waals surface area contributed by atoms with Crippen molar-refractivity contribution in [2.75, 3.05) is 31.7 Å². The van der Waals surface area contributed by atoms with Crippen molar-refractivity contribution in [2.45, 2.75) is 33.1 Å². The van der Waals surface area contributed by atoms with Crippen LogP contribution in [0.1, 0.15) is 38.8 Å². The number of carbonyl (C=O) groups is 1. The molecule has 3 aromatic rings. The fourth-order valence-electron chi connectivity index (χ4n) is 3.80. The van der Waals surface area contributed by atoms with E-state index in [-0.39, 0.29) is 17.5 Å². The summed E-state index contributed by atoms with van der Waals surface area (Å²) in [5.74, 6) is 0.929. The van der Waals surface area contributed by atoms with E-state index in [1.807, 2.05) is 19.1 Å². The second-order valence-electron chi connectivity index (χ2n) is 8.43. The maximum atomic E-state index is 12.7. The van der Waals surface area contributed by atoms with Crippen LogP contribution in [-0.2, 0) is 11.8 Å². The molecule has 3 aromatic heterocycles. The molecule has 2 amide bonds. The van der Waals surface area contributed by atoms with E-state index in [1.165, 1.54) is 11.3 Å². The van der Waals surface area contributed by atoms with Gasteiger partial charge in [0.2, 0.25) is 5.88 Å². The first-order valence-electron chi connectivity index (χ1n) is 11.1. The van der Waals surface area contributed by atoms with Gasteiger partial charge in [0.25, 0.3) is 5.56 Å². The molecule has 4 heterocycles. The summed E-state index contributed by atoms with van der Waals surface area (Å²) in [6.07, 6.45) is 0.947. The summed E-state index contributed by atoms with van der Waals surface area (Å²) in [6.45, 7) is 8.36. The zero-order chi connectivity index (χ0) is 23.5. The van der Waals surface area contributed by atoms with Gasteiger partial charge in [0, 0.05) is 43.4 Å². The Labute approximate surface area is 196 Å². The first-order chi connectivity index (χ1) is 15.9. The van der Waals surface area contributed by atoms with Crippen LogP contribution in [0, 0.1) is 5.92 Å². The van der Waals surface area contributed by atoms with E-state index < -0.39 is 0 Å². The lowest BCUT2D eigenvalue weighted by molar-refractivity contribution is 0.166. The van der Waals surface area contributed by atoms with Gasteiger partial charge in [0.15, 0.2) is 5.13 Å². The van der Waals surface area contributed by atoms with Crippen LogP contribution in [0.4, 0.5) is 9.93 Å². The van der Waals surface area contributed by atoms with Crippen molar-refractivity contribution in [1.29, 1.82) is 0 Å². The number of hydrogen-bond acceptors (Lipinski definition) is 7. The third kappa shape index (κ3) is 5.17. The van der Waals surface area contributed by atoms with Gasteiger partial charge in [-0.3, -0.25) is 10.1 Å². The number of nitrogens with one attached hydrogen (secondary N) is 2. The monoisotopic (exact) mass is 471 g/mol. The number of anilines is 1. The van der Waals surface area contributed by atoms with Gasteiger partial charge in [0.05, 0.1) is 13.2 Å². The van der Waals surface area contributed by atoms with Crippen molar-refractivity contribution in [3.05, 3.63) is 34.2 Å². The van der Waals surface area contributed by atoms with Crippen molar-refractivity contribution in [2.24, 2.45) is 13.0 Å². The van der Waals surface area contributed by atoms with E-state index in [2.05, 4.69) is 29.5 Å². The zero-order valence-corrected chi connectivity index (χ0v) is 20.1. The molecular weight excluding hydrogens is 442 g/mol. The van der Waals surface area contributed by atoms with Crippen LogP contribution in [0.25, 0.3) is 21.5 Å². The van der Waals surface area contributed by atoms with Crippen molar-refractivity contribution in [3.63, 3.8) is 0 Å². The van der Waals surface area contributed by atoms with Gasteiger partial charge in [-0.25, -0.2) is 14.8 Å². The van der Waals surface area contributed by atoms with Gasteiger partial charge >= 0.3 is 6.03 Å². The normalized spacial score (nSPS) is 15.8. The van der Waals surface area contributed by atoms with Gasteiger partial charge in [-0.15, -0.1) is 0 Å². The maximum Gasteiger partial charge on any atom is 0.321 e. The summed E-state index contributed by atoms with van der Waals surface area (Å²) in [5, 5.41) is 5.87. The number of ether oxygens (including phenoxy) is 2. The molecule has 0 aliphatic carbocycles. The molecular formula is C23H29N5O4S. The van der Waals surface area contributed by atoms with E-state index in [4.69, 9.17) is 14.5 Å². The number of pyridine rings is 2. The Morgan fingerprint density at radius 3 is 2.85 bits per heavy atom. The van der Waals surface area contributed by atoms with Crippen LogP contribution in [0.3, 0.4) is 0 Å². The molecule has 1 unspecified atom stereocenters. The molecule has 9 nitrogen and oxygen atoms in total. The van der Waals surface area contributed by atoms with Crippen LogP contribution in [0.15, 0.2) is 23.0 Å². The number of nitrogens with zero attached hydrogens (tertiary/aromatic N) is 3. The van der Waals surface area contributed by atoms with Crippen LogP contribution in [0.5, 0.6) is 5.88 Å². The fraction of sp³-hybridized carbons (Fsp3) is 0.478. The molecule has 0 bridgehead atoms. The molecule has 10 heteroatoms. The van der Waals surface area contributed by atoms with Gasteiger partial charge in [-0.05, 0) is 37.0 Å². The number of aromatic nitrogens is 3. The van der Waals surface area contributed by atoms with Gasteiger partial charge in [-0.1, -0.05) is 25.2 Å². The molecule has 0 saturated carbocycles. The summed E-state index contributed by atoms with van der Waals surface area (Å²) in [5.41, 5.74) is 2.90. The summed E-state index contributed by atoms with van der Waals surface area (Å²) >= 11 is 1.28. The molecule has 1 aliphatic rings. The lowest BCUT2D eigenvalue weighted by Gasteiger charge is -2.16. The van der Waals surface area contributed by atoms with Gasteiger partial charge in [-0.2, -0.15) is 0 Å². The molecule has 1 fully saturated rings. The third-order valence-electron chi connectivity index (χ3n) is 5.59. The standard InChI is InChI=1S/C23H29N5O4S/c1-5-24-22(30)27-23-25-17-10-16(15-8-18(13(2)3)28(4)19(29)9-15)20(26-21(17)33-23)32-12-14-6-7-31-11-14/h8-10,13-14H,5-7,11-12H2,1-4H3,(H2,24,25,27,30). The Hall–Kier alpha value is -2.98. The Balaban J connectivity index is 1.77. The minimum atomic E-state index is -0.317. The lowest BCUT2D eigenvalue weighted by atomic mass is 10.0. The molecule has 0 radical (unpaired) electrons. The van der Waals surface area contributed by atoms with Crippen LogP contribution < -0.4 is 20.9 Å². The van der Waals surface area contributed by atoms with Crippen molar-refractivity contribution in [1.82, 2.24) is 19.9 Å². The number of fused-ring (bicyclic) bond motifs is 1. The lowest BCUT2D eigenvalue weighted by Crippen LogP contribution is -2.28. The molecule has 4 rings (SSSR count). The van der Waals surface area contributed by atoms with E-state index in [0.717, 1.165) is 24.3 Å². The molecule has 0 spiro atoms. The van der Waals surface area contributed by atoms with E-state index in [0.29, 0.717) is 52.6 Å². The van der Waals surface area contributed by atoms with Crippen molar-refractivity contribution < 1.29 is 14.3 Å². The highest BCUT2D eigenvalue weighted by Crippen LogP contribution is 2.35. The Kier molecular flexibility index (Phi) is 6.94. The van der Waals surface area contributed by atoms with E-state index in [9.17, 15) is 9.59 Å². The average Bonchev–Trinajstić information content (AvgIpc) is 3.42. The van der Waals surface area contributed by atoms with Gasteiger partial charge in [0.1, 0.15) is 10.3 Å². The van der Waals surface area contributed by atoms with Crippen molar-refractivity contribution >= 4 is 32.8 Å². The topological polar surface area (TPSA) is 107 Å². The van der Waals surface area contributed by atoms with Crippen LogP contribution >= 0.6 is 11.3 Å². The highest BCUT2D eigenvalue weighted by Gasteiger charge is 2.21. The molecule has 176 valence electrons. The summed E-state index contributed by atoms with van der Waals surface area (Å²) in [7, 11) is 1.78. The SMILES string of the molecule is CCNC(=O)Nc1nc2cc(-c3cc(C(C)C)n(C)c(=O)c3)c(OCC3CCOC3)nc2s1. The number of thiazole rings is 1. The molecule has 0 aromatic carbocycles. The first-order valence-corrected chi connectivity index (χ1v) is 12.0. The van der Waals surface area contributed by atoms with Gasteiger partial charge < -0.3 is 19.4 Å². The minimum absolute atomic E-state index is 0.0942. The molecule has 2 N–H and O–H groups in total. The van der Waals surface area contributed by atoms with Crippen LogP contribution in [-0.4, -0.2) is 46.9 Å². The second kappa shape index (κ2) is 9.88. The Bertz CT molecular complexity index is 1210. The number of carbonyl (C=O) groups excluding carboxylic acids is 1. The number of rotatable bonds is 7. The zero-order valence-electron chi connectivity index (χ0n) is 19.3. The maximum absolute atomic E-state index is 12.7. The molecule has 33 heavy (non-hydrogen) atoms. The first kappa shape index (κ1) is 23.2. The van der Waals surface area contributed by atoms with E-state index in [1.54, 1.807) is 17.7 Å². The predicted octanol–water partition coefficient (Wildman–Crippen LogP) is 3.74. The number of urea groups is 1. The third-order valence-corrected chi connectivity index (χ3v) is 6.47. The molecule has 1 aliphatic heterocycles. The smallest absolute Gasteiger partial charge is 0.321 e. The fourth-order valence-corrected chi connectivity index (χ4v) is 4.61. The van der Waals surface area contributed by atoms with Crippen molar-refractivity contribution in [3.8, 4) is 17.0 Å². The number of amides is 2. The van der Waals surface area contributed by atoms with Crippen LogP contribution in [0.2, 0.25) is 0 Å². The minimum Gasteiger partial charge on any atom is -0.477 e. The largest absolute Gasteiger partial charge is 0.477 e. The summed E-state index contributed by atoms with van der Waals surface area (Å²) in [6, 6.07) is 5.16. The predicted molar refractivity (Wildman–Crippen MR) is 129 cm³/mol. The summed E-state index contributed by atoms with van der Waals surface area (Å²) < 4.78 is 13.3. The molecule has 1 atom stereocenters. The van der Waals surface area contributed by atoms with E-state index >= 15 is 0 Å². The Morgan fingerprint density at radius 1 is 1.33 bits per heavy atom. The highest BCUT2D eigenvalue weighted by atomic mass is 32.1. The summed E-state index contributed by atoms with van der Waals surface area (Å²) in [4.78, 5) is 34.5. The second-order valence-corrected chi connectivity index (χ2v) is 9.41. The average molecular weight is 472 g/mol. The molecule has 1 saturated heterocycles. The Morgan fingerprint density at radius 2 is 2.15 bits per heavy atom. The highest BCUT2D eigenvalue weighted by molar-refractivity contribution is 7.22.